The minimum absolute atomic E-state index is 0. The van der Waals surface area contributed by atoms with Crippen molar-refractivity contribution < 1.29 is 4.74 Å². The van der Waals surface area contributed by atoms with Crippen LogP contribution in [0.2, 0.25) is 0 Å². The third-order valence-electron chi connectivity index (χ3n) is 4.18. The number of aromatic nitrogens is 1. The maximum Gasteiger partial charge on any atom is 0.191 e. The second-order valence-corrected chi connectivity index (χ2v) is 6.50. The first-order chi connectivity index (χ1) is 12.5. The van der Waals surface area contributed by atoms with Gasteiger partial charge in [0.2, 0.25) is 0 Å². The number of guanidine groups is 1. The number of ether oxygens (including phenoxy) is 1. The van der Waals surface area contributed by atoms with E-state index >= 15 is 0 Å². The number of hydrogen-bond acceptors (Lipinski definition) is 3. The number of hydrogen-bond donors (Lipinski definition) is 2. The van der Waals surface area contributed by atoms with Gasteiger partial charge in [-0.05, 0) is 51.0 Å². The van der Waals surface area contributed by atoms with Crippen molar-refractivity contribution in [2.75, 3.05) is 7.05 Å². The van der Waals surface area contributed by atoms with E-state index in [1.54, 1.807) is 7.05 Å². The summed E-state index contributed by atoms with van der Waals surface area (Å²) in [7, 11) is 1.77. The van der Waals surface area contributed by atoms with Crippen LogP contribution in [0.3, 0.4) is 0 Å². The number of pyridine rings is 1. The van der Waals surface area contributed by atoms with Crippen molar-refractivity contribution in [3.05, 3.63) is 58.9 Å². The van der Waals surface area contributed by atoms with Gasteiger partial charge < -0.3 is 15.4 Å². The molecule has 2 aromatic rings. The molecular weight excluding hydrogens is 451 g/mol. The van der Waals surface area contributed by atoms with Gasteiger partial charge in [-0.15, -0.1) is 24.0 Å². The highest BCUT2D eigenvalue weighted by Gasteiger charge is 2.09. The molecule has 2 rings (SSSR count). The Morgan fingerprint density at radius 3 is 2.56 bits per heavy atom. The maximum atomic E-state index is 6.07. The third kappa shape index (κ3) is 7.74. The SMILES string of the molecule is CCC(C)Oc1cc(C)ccc1CNC(=NC)NCc1cccc(C)n1.I. The van der Waals surface area contributed by atoms with E-state index in [0.29, 0.717) is 13.1 Å². The molecule has 0 saturated carbocycles. The first kappa shape index (κ1) is 23.2. The molecule has 1 atom stereocenters. The van der Waals surface area contributed by atoms with E-state index in [9.17, 15) is 0 Å². The Labute approximate surface area is 180 Å². The van der Waals surface area contributed by atoms with Crippen LogP contribution in [0.15, 0.2) is 41.4 Å². The summed E-state index contributed by atoms with van der Waals surface area (Å²) in [5, 5.41) is 6.65. The summed E-state index contributed by atoms with van der Waals surface area (Å²) in [6, 6.07) is 12.3. The molecule has 0 aliphatic rings. The molecular formula is C21H31IN4O. The number of aliphatic imine (C=N–C) groups is 1. The van der Waals surface area contributed by atoms with Gasteiger partial charge in [0, 0.05) is 24.8 Å². The lowest BCUT2D eigenvalue weighted by atomic mass is 10.1. The van der Waals surface area contributed by atoms with E-state index in [1.165, 1.54) is 5.56 Å². The molecule has 0 radical (unpaired) electrons. The Morgan fingerprint density at radius 1 is 1.15 bits per heavy atom. The molecule has 1 aromatic carbocycles. The second-order valence-electron chi connectivity index (χ2n) is 6.50. The molecule has 6 heteroatoms. The third-order valence-corrected chi connectivity index (χ3v) is 4.18. The number of rotatable bonds is 7. The van der Waals surface area contributed by atoms with Crippen LogP contribution in [0.5, 0.6) is 5.75 Å². The summed E-state index contributed by atoms with van der Waals surface area (Å²) >= 11 is 0. The van der Waals surface area contributed by atoms with Crippen molar-refractivity contribution in [1.29, 1.82) is 0 Å². The lowest BCUT2D eigenvalue weighted by Crippen LogP contribution is -2.36. The molecule has 2 N–H and O–H groups in total. The van der Waals surface area contributed by atoms with Crippen LogP contribution in [0, 0.1) is 13.8 Å². The zero-order chi connectivity index (χ0) is 18.9. The average molecular weight is 482 g/mol. The zero-order valence-electron chi connectivity index (χ0n) is 16.9. The summed E-state index contributed by atoms with van der Waals surface area (Å²) in [4.78, 5) is 8.79. The van der Waals surface area contributed by atoms with Gasteiger partial charge in [-0.3, -0.25) is 9.98 Å². The van der Waals surface area contributed by atoms with Gasteiger partial charge >= 0.3 is 0 Å². The monoisotopic (exact) mass is 482 g/mol. The number of halogens is 1. The molecule has 0 fully saturated rings. The average Bonchev–Trinajstić information content (AvgIpc) is 2.63. The van der Waals surface area contributed by atoms with Gasteiger partial charge in [0.05, 0.1) is 18.3 Å². The number of nitrogens with zero attached hydrogens (tertiary/aromatic N) is 2. The lowest BCUT2D eigenvalue weighted by Gasteiger charge is -2.18. The molecule has 0 spiro atoms. The summed E-state index contributed by atoms with van der Waals surface area (Å²) < 4.78 is 6.07. The highest BCUT2D eigenvalue weighted by molar-refractivity contribution is 14.0. The fourth-order valence-corrected chi connectivity index (χ4v) is 2.49. The van der Waals surface area contributed by atoms with Crippen molar-refractivity contribution in [3.8, 4) is 5.75 Å². The van der Waals surface area contributed by atoms with E-state index < -0.39 is 0 Å². The Hall–Kier alpha value is -1.83. The van der Waals surface area contributed by atoms with Crippen molar-refractivity contribution in [2.45, 2.75) is 53.3 Å². The van der Waals surface area contributed by atoms with Crippen LogP contribution >= 0.6 is 24.0 Å². The molecule has 0 aliphatic heterocycles. The summed E-state index contributed by atoms with van der Waals surface area (Å²) in [5.41, 5.74) is 4.32. The summed E-state index contributed by atoms with van der Waals surface area (Å²) in [6.07, 6.45) is 1.17. The minimum Gasteiger partial charge on any atom is -0.490 e. The highest BCUT2D eigenvalue weighted by atomic mass is 127. The quantitative estimate of drug-likeness (QED) is 0.350. The maximum absolute atomic E-state index is 6.07. The van der Waals surface area contributed by atoms with Gasteiger partial charge in [-0.1, -0.05) is 25.1 Å². The summed E-state index contributed by atoms with van der Waals surface area (Å²) in [6.45, 7) is 9.57. The topological polar surface area (TPSA) is 58.5 Å². The van der Waals surface area contributed by atoms with E-state index in [4.69, 9.17) is 4.74 Å². The van der Waals surface area contributed by atoms with Crippen molar-refractivity contribution in [2.24, 2.45) is 4.99 Å². The molecule has 1 heterocycles. The first-order valence-electron chi connectivity index (χ1n) is 9.15. The van der Waals surface area contributed by atoms with Gasteiger partial charge in [0.25, 0.3) is 0 Å². The van der Waals surface area contributed by atoms with Crippen molar-refractivity contribution in [1.82, 2.24) is 15.6 Å². The predicted molar refractivity (Wildman–Crippen MR) is 123 cm³/mol. The van der Waals surface area contributed by atoms with Crippen LogP contribution in [-0.4, -0.2) is 24.1 Å². The Balaban J connectivity index is 0.00000364. The molecule has 0 saturated heterocycles. The van der Waals surface area contributed by atoms with E-state index in [-0.39, 0.29) is 30.1 Å². The van der Waals surface area contributed by atoms with Gasteiger partial charge in [-0.25, -0.2) is 0 Å². The van der Waals surface area contributed by atoms with Crippen LogP contribution < -0.4 is 15.4 Å². The van der Waals surface area contributed by atoms with Crippen molar-refractivity contribution in [3.63, 3.8) is 0 Å². The lowest BCUT2D eigenvalue weighted by molar-refractivity contribution is 0.215. The number of nitrogens with one attached hydrogen (secondary N) is 2. The van der Waals surface area contributed by atoms with Crippen LogP contribution in [0.25, 0.3) is 0 Å². The smallest absolute Gasteiger partial charge is 0.191 e. The molecule has 1 unspecified atom stereocenters. The highest BCUT2D eigenvalue weighted by Crippen LogP contribution is 2.22. The first-order valence-corrected chi connectivity index (χ1v) is 9.15. The fraction of sp³-hybridized carbons (Fsp3) is 0.429. The van der Waals surface area contributed by atoms with Crippen molar-refractivity contribution >= 4 is 29.9 Å². The minimum atomic E-state index is 0. The molecule has 0 aliphatic carbocycles. The van der Waals surface area contributed by atoms with E-state index in [2.05, 4.69) is 59.6 Å². The molecule has 5 nitrogen and oxygen atoms in total. The van der Waals surface area contributed by atoms with Crippen LogP contribution in [0.1, 0.15) is 42.8 Å². The fourth-order valence-electron chi connectivity index (χ4n) is 2.49. The van der Waals surface area contributed by atoms with E-state index in [0.717, 1.165) is 35.1 Å². The van der Waals surface area contributed by atoms with E-state index in [1.807, 2.05) is 25.1 Å². The normalized spacial score (nSPS) is 12.1. The Bertz CT molecular complexity index is 749. The van der Waals surface area contributed by atoms with Crippen LogP contribution in [0.4, 0.5) is 0 Å². The number of aryl methyl sites for hydroxylation is 2. The predicted octanol–water partition coefficient (Wildman–Crippen LogP) is 4.36. The largest absolute Gasteiger partial charge is 0.490 e. The Kier molecular flexibility index (Phi) is 10.1. The Morgan fingerprint density at radius 2 is 1.89 bits per heavy atom. The van der Waals surface area contributed by atoms with Crippen LogP contribution in [-0.2, 0) is 13.1 Å². The van der Waals surface area contributed by atoms with Gasteiger partial charge in [0.1, 0.15) is 5.75 Å². The standard InChI is InChI=1S/C21H30N4O.HI/c1-6-17(4)26-20-12-15(2)10-11-18(20)13-23-21(22-5)24-14-19-9-7-8-16(3)25-19;/h7-12,17H,6,13-14H2,1-5H3,(H2,22,23,24);1H. The summed E-state index contributed by atoms with van der Waals surface area (Å²) in [5.74, 6) is 1.67. The van der Waals surface area contributed by atoms with Gasteiger partial charge in [0.15, 0.2) is 5.96 Å². The molecule has 0 bridgehead atoms. The zero-order valence-corrected chi connectivity index (χ0v) is 19.2. The molecule has 0 amide bonds. The molecule has 148 valence electrons. The molecule has 27 heavy (non-hydrogen) atoms. The molecule has 1 aromatic heterocycles. The number of benzene rings is 1. The van der Waals surface area contributed by atoms with Gasteiger partial charge in [-0.2, -0.15) is 0 Å². The second kappa shape index (κ2) is 11.8.